The summed E-state index contributed by atoms with van der Waals surface area (Å²) in [6, 6.07) is 7.75. The third-order valence-electron chi connectivity index (χ3n) is 4.66. The minimum absolute atomic E-state index is 0.166. The molecule has 130 valence electrons. The lowest BCUT2D eigenvalue weighted by Gasteiger charge is -2.34. The van der Waals surface area contributed by atoms with Crippen LogP contribution in [-0.2, 0) is 20.9 Å². The number of hydrogen-bond donors (Lipinski definition) is 1. The Morgan fingerprint density at radius 2 is 2.08 bits per heavy atom. The van der Waals surface area contributed by atoms with Crippen molar-refractivity contribution in [1.29, 1.82) is 0 Å². The normalized spacial score (nSPS) is 24.4. The number of rotatable bonds is 6. The van der Waals surface area contributed by atoms with Crippen molar-refractivity contribution in [3.8, 4) is 0 Å². The molecular formula is C20H27NO3. The zero-order chi connectivity index (χ0) is 17.7. The van der Waals surface area contributed by atoms with Crippen LogP contribution in [0.1, 0.15) is 38.0 Å². The molecule has 1 aromatic rings. The molecule has 4 nitrogen and oxygen atoms in total. The second-order valence-corrected chi connectivity index (χ2v) is 6.44. The van der Waals surface area contributed by atoms with Gasteiger partial charge < -0.3 is 14.8 Å². The molecule has 1 aliphatic carbocycles. The van der Waals surface area contributed by atoms with Gasteiger partial charge in [0, 0.05) is 20.1 Å². The molecule has 0 bridgehead atoms. The van der Waals surface area contributed by atoms with Crippen molar-refractivity contribution < 1.29 is 14.3 Å². The first-order valence-electron chi connectivity index (χ1n) is 8.25. The molecule has 0 aromatic heterocycles. The second kappa shape index (κ2) is 7.77. The molecule has 3 unspecified atom stereocenters. The van der Waals surface area contributed by atoms with Crippen LogP contribution in [0.25, 0.3) is 0 Å². The number of carbonyl (C=O) groups is 1. The van der Waals surface area contributed by atoms with Crippen LogP contribution in [0.4, 0.5) is 0 Å². The van der Waals surface area contributed by atoms with Gasteiger partial charge in [-0.25, -0.2) is 0 Å². The summed E-state index contributed by atoms with van der Waals surface area (Å²) in [5.74, 6) is 0.117. The smallest absolute Gasteiger partial charge is 0.253 e. The summed E-state index contributed by atoms with van der Waals surface area (Å²) in [5, 5.41) is 2.64. The van der Waals surface area contributed by atoms with Crippen molar-refractivity contribution >= 4 is 5.91 Å². The zero-order valence-corrected chi connectivity index (χ0v) is 15.1. The molecule has 1 N–H and O–H groups in total. The molecule has 3 atom stereocenters. The summed E-state index contributed by atoms with van der Waals surface area (Å²) in [6.45, 7) is 6.74. The molecule has 0 aliphatic heterocycles. The van der Waals surface area contributed by atoms with Crippen molar-refractivity contribution in [1.82, 2.24) is 5.32 Å². The standard InChI is InChI=1S/C20H27NO3/c1-14-10-11-15(2)20(3,12-14)24-13-16-8-6-7-9-17(16)18(23-5)19(22)21-4/h6-12,15,18H,13H2,1-5H3,(H,21,22). The van der Waals surface area contributed by atoms with Crippen molar-refractivity contribution in [2.24, 2.45) is 5.92 Å². The maximum Gasteiger partial charge on any atom is 0.253 e. The minimum Gasteiger partial charge on any atom is -0.367 e. The highest BCUT2D eigenvalue weighted by molar-refractivity contribution is 5.82. The molecule has 1 aliphatic rings. The van der Waals surface area contributed by atoms with E-state index in [9.17, 15) is 4.79 Å². The van der Waals surface area contributed by atoms with E-state index in [0.29, 0.717) is 6.61 Å². The molecule has 0 saturated carbocycles. The van der Waals surface area contributed by atoms with Gasteiger partial charge in [0.2, 0.25) is 0 Å². The lowest BCUT2D eigenvalue weighted by molar-refractivity contribution is -0.131. The van der Waals surface area contributed by atoms with Gasteiger partial charge in [0.05, 0.1) is 12.2 Å². The molecule has 4 heteroatoms. The first-order valence-corrected chi connectivity index (χ1v) is 8.25. The number of nitrogens with one attached hydrogen (secondary N) is 1. The topological polar surface area (TPSA) is 47.6 Å². The third-order valence-corrected chi connectivity index (χ3v) is 4.66. The molecule has 0 spiro atoms. The van der Waals surface area contributed by atoms with Crippen LogP contribution >= 0.6 is 0 Å². The van der Waals surface area contributed by atoms with Gasteiger partial charge in [-0.3, -0.25) is 4.79 Å². The Hall–Kier alpha value is -1.91. The second-order valence-electron chi connectivity index (χ2n) is 6.44. The number of amides is 1. The van der Waals surface area contributed by atoms with E-state index in [1.54, 1.807) is 14.2 Å². The summed E-state index contributed by atoms with van der Waals surface area (Å²) >= 11 is 0. The van der Waals surface area contributed by atoms with Crippen molar-refractivity contribution in [2.75, 3.05) is 14.2 Å². The number of methoxy groups -OCH3 is 1. The van der Waals surface area contributed by atoms with Crippen LogP contribution in [0.3, 0.4) is 0 Å². The van der Waals surface area contributed by atoms with Gasteiger partial charge >= 0.3 is 0 Å². The summed E-state index contributed by atoms with van der Waals surface area (Å²) < 4.78 is 11.7. The average Bonchev–Trinajstić information content (AvgIpc) is 2.58. The van der Waals surface area contributed by atoms with Crippen molar-refractivity contribution in [3.05, 3.63) is 59.2 Å². The highest BCUT2D eigenvalue weighted by atomic mass is 16.5. The van der Waals surface area contributed by atoms with Gasteiger partial charge in [-0.2, -0.15) is 0 Å². The van der Waals surface area contributed by atoms with Gasteiger partial charge in [-0.1, -0.05) is 48.9 Å². The van der Waals surface area contributed by atoms with Gasteiger partial charge in [-0.15, -0.1) is 0 Å². The summed E-state index contributed by atoms with van der Waals surface area (Å²) in [6.07, 6.45) is 5.82. The van der Waals surface area contributed by atoms with Crippen LogP contribution in [-0.4, -0.2) is 25.7 Å². The molecule has 0 saturated heterocycles. The highest BCUT2D eigenvalue weighted by Crippen LogP contribution is 2.32. The van der Waals surface area contributed by atoms with Gasteiger partial charge in [-0.05, 0) is 31.1 Å². The Morgan fingerprint density at radius 1 is 1.38 bits per heavy atom. The van der Waals surface area contributed by atoms with Crippen LogP contribution < -0.4 is 5.32 Å². The van der Waals surface area contributed by atoms with E-state index in [-0.39, 0.29) is 17.4 Å². The number of carbonyl (C=O) groups excluding carboxylic acids is 1. The van der Waals surface area contributed by atoms with Crippen LogP contribution in [0, 0.1) is 5.92 Å². The SMILES string of the molecule is CNC(=O)C(OC)c1ccccc1COC1(C)C=C(C)C=CC1C. The molecule has 1 aromatic carbocycles. The van der Waals surface area contributed by atoms with E-state index in [2.05, 4.69) is 44.3 Å². The Labute approximate surface area is 144 Å². The fraction of sp³-hybridized carbons (Fsp3) is 0.450. The monoisotopic (exact) mass is 329 g/mol. The Morgan fingerprint density at radius 3 is 2.75 bits per heavy atom. The Kier molecular flexibility index (Phi) is 5.97. The Balaban J connectivity index is 2.22. The van der Waals surface area contributed by atoms with Crippen molar-refractivity contribution in [3.63, 3.8) is 0 Å². The molecule has 24 heavy (non-hydrogen) atoms. The fourth-order valence-electron chi connectivity index (χ4n) is 2.95. The van der Waals surface area contributed by atoms with Gasteiger partial charge in [0.1, 0.15) is 0 Å². The van der Waals surface area contributed by atoms with E-state index in [1.165, 1.54) is 5.57 Å². The molecule has 0 fully saturated rings. The molecule has 0 heterocycles. The first kappa shape index (κ1) is 18.4. The van der Waals surface area contributed by atoms with Gasteiger partial charge in [0.15, 0.2) is 6.10 Å². The fourth-order valence-corrected chi connectivity index (χ4v) is 2.95. The predicted molar refractivity (Wildman–Crippen MR) is 95.5 cm³/mol. The van der Waals surface area contributed by atoms with E-state index in [0.717, 1.165) is 11.1 Å². The summed E-state index contributed by atoms with van der Waals surface area (Å²) in [5.41, 5.74) is 2.63. The zero-order valence-electron chi connectivity index (χ0n) is 15.1. The minimum atomic E-state index is -0.636. The summed E-state index contributed by atoms with van der Waals surface area (Å²) in [7, 11) is 3.15. The lowest BCUT2D eigenvalue weighted by atomic mass is 9.84. The van der Waals surface area contributed by atoms with E-state index in [1.807, 2.05) is 24.3 Å². The number of likely N-dealkylation sites (N-methyl/N-ethyl adjacent to an activating group) is 1. The molecular weight excluding hydrogens is 302 g/mol. The van der Waals surface area contributed by atoms with E-state index in [4.69, 9.17) is 9.47 Å². The maximum absolute atomic E-state index is 12.1. The number of benzene rings is 1. The van der Waals surface area contributed by atoms with Crippen LogP contribution in [0.5, 0.6) is 0 Å². The largest absolute Gasteiger partial charge is 0.367 e. The lowest BCUT2D eigenvalue weighted by Crippen LogP contribution is -2.35. The van der Waals surface area contributed by atoms with Gasteiger partial charge in [0.25, 0.3) is 5.91 Å². The Bertz CT molecular complexity index is 650. The number of ether oxygens (including phenoxy) is 2. The third kappa shape index (κ3) is 3.94. The quantitative estimate of drug-likeness (QED) is 0.868. The first-order chi connectivity index (χ1) is 11.4. The average molecular weight is 329 g/mol. The van der Waals surface area contributed by atoms with E-state index >= 15 is 0 Å². The molecule has 2 rings (SSSR count). The van der Waals surface area contributed by atoms with E-state index < -0.39 is 6.10 Å². The highest BCUT2D eigenvalue weighted by Gasteiger charge is 2.31. The maximum atomic E-state index is 12.1. The van der Waals surface area contributed by atoms with Crippen molar-refractivity contribution in [2.45, 2.75) is 39.1 Å². The molecule has 0 radical (unpaired) electrons. The van der Waals surface area contributed by atoms with Crippen LogP contribution in [0.15, 0.2) is 48.1 Å². The number of allylic oxidation sites excluding steroid dienone is 2. The molecule has 1 amide bonds. The number of hydrogen-bond acceptors (Lipinski definition) is 3. The summed E-state index contributed by atoms with van der Waals surface area (Å²) in [4.78, 5) is 12.1. The predicted octanol–water partition coefficient (Wildman–Crippen LogP) is 3.55. The van der Waals surface area contributed by atoms with Crippen LogP contribution in [0.2, 0.25) is 0 Å².